The lowest BCUT2D eigenvalue weighted by molar-refractivity contribution is 0.474. The summed E-state index contributed by atoms with van der Waals surface area (Å²) in [4.78, 5) is 0. The number of nitrogens with one attached hydrogen (secondary N) is 1. The Hall–Kier alpha value is -1.42. The van der Waals surface area contributed by atoms with Gasteiger partial charge in [0.25, 0.3) is 0 Å². The van der Waals surface area contributed by atoms with Gasteiger partial charge in [-0.25, -0.2) is 8.78 Å². The van der Waals surface area contributed by atoms with Crippen molar-refractivity contribution in [3.05, 3.63) is 35.1 Å². The van der Waals surface area contributed by atoms with E-state index in [9.17, 15) is 8.78 Å². The second-order valence-electron chi connectivity index (χ2n) is 5.69. The first-order chi connectivity index (χ1) is 8.84. The van der Waals surface area contributed by atoms with Gasteiger partial charge >= 0.3 is 0 Å². The topological polar surface area (TPSA) is 25.2 Å². The number of hydrogen-bond acceptors (Lipinski definition) is 2. The molecule has 4 heteroatoms. The molecule has 19 heavy (non-hydrogen) atoms. The molecule has 0 radical (unpaired) electrons. The number of rotatable bonds is 3. The Morgan fingerprint density at radius 3 is 2.47 bits per heavy atom. The summed E-state index contributed by atoms with van der Waals surface area (Å²) in [5, 5.41) is 3.69. The zero-order valence-electron chi connectivity index (χ0n) is 11.7. The van der Waals surface area contributed by atoms with Crippen LogP contribution < -0.4 is 5.32 Å². The molecule has 0 aliphatic carbocycles. The van der Waals surface area contributed by atoms with Gasteiger partial charge in [-0.05, 0) is 18.0 Å². The predicted octanol–water partition coefficient (Wildman–Crippen LogP) is 4.12. The average Bonchev–Trinajstić information content (AvgIpc) is 2.64. The molecule has 104 valence electrons. The molecule has 0 atom stereocenters. The molecule has 2 rings (SSSR count). The van der Waals surface area contributed by atoms with Crippen molar-refractivity contribution in [2.45, 2.75) is 39.7 Å². The summed E-state index contributed by atoms with van der Waals surface area (Å²) >= 11 is 0. The second-order valence-corrected chi connectivity index (χ2v) is 5.69. The van der Waals surface area contributed by atoms with E-state index in [2.05, 4.69) is 5.32 Å². The molecule has 0 saturated heterocycles. The highest BCUT2D eigenvalue weighted by atomic mass is 19.1. The van der Waals surface area contributed by atoms with Crippen LogP contribution in [0.5, 0.6) is 0 Å². The van der Waals surface area contributed by atoms with Crippen molar-refractivity contribution in [1.82, 2.24) is 5.32 Å². The molecule has 0 amide bonds. The zero-order chi connectivity index (χ0) is 14.2. The molecule has 1 aromatic heterocycles. The number of fused-ring (bicyclic) bond motifs is 1. The average molecular weight is 267 g/mol. The smallest absolute Gasteiger partial charge is 0.170 e. The predicted molar refractivity (Wildman–Crippen MR) is 72.2 cm³/mol. The minimum absolute atomic E-state index is 0.138. The third-order valence-corrected chi connectivity index (χ3v) is 3.07. The Morgan fingerprint density at radius 2 is 1.89 bits per heavy atom. The van der Waals surface area contributed by atoms with Crippen molar-refractivity contribution in [2.24, 2.45) is 0 Å². The molecular formula is C15H19F2NO. The molecule has 0 aliphatic rings. The summed E-state index contributed by atoms with van der Waals surface area (Å²) in [6, 6.07) is 2.20. The Bertz CT molecular complexity index is 596. The third-order valence-electron chi connectivity index (χ3n) is 3.07. The maximum absolute atomic E-state index is 13.8. The quantitative estimate of drug-likeness (QED) is 0.905. The summed E-state index contributed by atoms with van der Waals surface area (Å²) in [5.74, 6) is -0.552. The van der Waals surface area contributed by atoms with Gasteiger partial charge in [0.05, 0.1) is 6.54 Å². The van der Waals surface area contributed by atoms with Crippen LogP contribution in [0.1, 0.15) is 39.0 Å². The van der Waals surface area contributed by atoms with Gasteiger partial charge in [0.1, 0.15) is 11.6 Å². The standard InChI is InChI=1S/C15H19F2NO/c1-5-18-8-12-13(15(2,3)4)10-6-9(16)7-11(17)14(10)19-12/h6-7,18H,5,8H2,1-4H3. The van der Waals surface area contributed by atoms with Gasteiger partial charge in [0.2, 0.25) is 0 Å². The van der Waals surface area contributed by atoms with E-state index in [0.717, 1.165) is 18.2 Å². The van der Waals surface area contributed by atoms with Gasteiger partial charge in [-0.3, -0.25) is 0 Å². The van der Waals surface area contributed by atoms with Gasteiger partial charge in [0, 0.05) is 17.0 Å². The van der Waals surface area contributed by atoms with Crippen LogP contribution in [-0.4, -0.2) is 6.54 Å². The molecule has 0 aliphatic heterocycles. The molecule has 0 unspecified atom stereocenters. The van der Waals surface area contributed by atoms with E-state index in [4.69, 9.17) is 4.42 Å². The molecule has 2 nitrogen and oxygen atoms in total. The highest BCUT2D eigenvalue weighted by Gasteiger charge is 2.26. The summed E-state index contributed by atoms with van der Waals surface area (Å²) in [6.45, 7) is 9.32. The first kappa shape index (κ1) is 14.0. The Balaban J connectivity index is 2.70. The van der Waals surface area contributed by atoms with E-state index in [1.54, 1.807) is 0 Å². The molecular weight excluding hydrogens is 248 g/mol. The van der Waals surface area contributed by atoms with Crippen molar-refractivity contribution >= 4 is 11.0 Å². The van der Waals surface area contributed by atoms with E-state index < -0.39 is 11.6 Å². The number of hydrogen-bond donors (Lipinski definition) is 1. The summed E-state index contributed by atoms with van der Waals surface area (Å²) in [6.07, 6.45) is 0. The van der Waals surface area contributed by atoms with Gasteiger partial charge in [-0.1, -0.05) is 27.7 Å². The van der Waals surface area contributed by atoms with Crippen LogP contribution in [0.3, 0.4) is 0 Å². The fraction of sp³-hybridized carbons (Fsp3) is 0.467. The molecule has 0 bridgehead atoms. The fourth-order valence-electron chi connectivity index (χ4n) is 2.36. The Morgan fingerprint density at radius 1 is 1.21 bits per heavy atom. The molecule has 1 aromatic carbocycles. The van der Waals surface area contributed by atoms with Crippen molar-refractivity contribution in [1.29, 1.82) is 0 Å². The molecule has 0 spiro atoms. The first-order valence-electron chi connectivity index (χ1n) is 6.46. The summed E-state index contributed by atoms with van der Waals surface area (Å²) in [7, 11) is 0. The minimum atomic E-state index is -0.650. The van der Waals surface area contributed by atoms with Crippen LogP contribution in [-0.2, 0) is 12.0 Å². The van der Waals surface area contributed by atoms with Gasteiger partial charge < -0.3 is 9.73 Å². The van der Waals surface area contributed by atoms with Crippen LogP contribution in [0.4, 0.5) is 8.78 Å². The molecule has 1 heterocycles. The largest absolute Gasteiger partial charge is 0.456 e. The lowest BCUT2D eigenvalue weighted by Gasteiger charge is -2.19. The van der Waals surface area contributed by atoms with Crippen LogP contribution in [0.15, 0.2) is 16.5 Å². The van der Waals surface area contributed by atoms with E-state index in [1.807, 2.05) is 27.7 Å². The maximum Gasteiger partial charge on any atom is 0.170 e. The second kappa shape index (κ2) is 4.93. The molecule has 0 fully saturated rings. The summed E-state index contributed by atoms with van der Waals surface area (Å²) < 4.78 is 32.8. The van der Waals surface area contributed by atoms with Gasteiger partial charge in [0.15, 0.2) is 11.4 Å². The van der Waals surface area contributed by atoms with Crippen molar-refractivity contribution in [2.75, 3.05) is 6.54 Å². The van der Waals surface area contributed by atoms with Crippen molar-refractivity contribution in [3.8, 4) is 0 Å². The monoisotopic (exact) mass is 267 g/mol. The first-order valence-corrected chi connectivity index (χ1v) is 6.46. The van der Waals surface area contributed by atoms with Crippen molar-refractivity contribution < 1.29 is 13.2 Å². The highest BCUT2D eigenvalue weighted by molar-refractivity contribution is 5.84. The van der Waals surface area contributed by atoms with Crippen LogP contribution in [0.2, 0.25) is 0 Å². The van der Waals surface area contributed by atoms with E-state index in [1.165, 1.54) is 6.07 Å². The fourth-order valence-corrected chi connectivity index (χ4v) is 2.36. The normalized spacial score (nSPS) is 12.3. The molecule has 1 N–H and O–H groups in total. The lowest BCUT2D eigenvalue weighted by atomic mass is 9.84. The highest BCUT2D eigenvalue weighted by Crippen LogP contribution is 2.37. The van der Waals surface area contributed by atoms with E-state index in [0.29, 0.717) is 17.7 Å². The minimum Gasteiger partial charge on any atom is -0.456 e. The number of benzene rings is 1. The summed E-state index contributed by atoms with van der Waals surface area (Å²) in [5.41, 5.74) is 0.761. The zero-order valence-corrected chi connectivity index (χ0v) is 11.7. The number of halogens is 2. The Labute approximate surface area is 111 Å². The SMILES string of the molecule is CCNCc1oc2c(F)cc(F)cc2c1C(C)(C)C. The number of furan rings is 1. The third kappa shape index (κ3) is 2.63. The van der Waals surface area contributed by atoms with Crippen LogP contribution >= 0.6 is 0 Å². The van der Waals surface area contributed by atoms with Gasteiger partial charge in [-0.2, -0.15) is 0 Å². The van der Waals surface area contributed by atoms with E-state index >= 15 is 0 Å². The van der Waals surface area contributed by atoms with Gasteiger partial charge in [-0.15, -0.1) is 0 Å². The molecule has 2 aromatic rings. The van der Waals surface area contributed by atoms with Crippen LogP contribution in [0.25, 0.3) is 11.0 Å². The van der Waals surface area contributed by atoms with E-state index in [-0.39, 0.29) is 11.0 Å². The van der Waals surface area contributed by atoms with Crippen molar-refractivity contribution in [3.63, 3.8) is 0 Å². The Kier molecular flexibility index (Phi) is 3.63. The lowest BCUT2D eigenvalue weighted by Crippen LogP contribution is -2.18. The maximum atomic E-state index is 13.8. The molecule has 0 saturated carbocycles. The van der Waals surface area contributed by atoms with Crippen LogP contribution in [0, 0.1) is 11.6 Å².